The summed E-state index contributed by atoms with van der Waals surface area (Å²) in [6.07, 6.45) is 2.86. The molecule has 1 aromatic heterocycles. The zero-order chi connectivity index (χ0) is 14.8. The predicted molar refractivity (Wildman–Crippen MR) is 85.0 cm³/mol. The largest absolute Gasteiger partial charge is 0.478 e. The first-order chi connectivity index (χ1) is 10.2. The summed E-state index contributed by atoms with van der Waals surface area (Å²) >= 11 is 0. The number of hydrogen-bond acceptors (Lipinski definition) is 1. The lowest BCUT2D eigenvalue weighted by Gasteiger charge is -2.06. The smallest absolute Gasteiger partial charge is 0.328 e. The lowest BCUT2D eigenvalue weighted by Crippen LogP contribution is -1.92. The molecule has 0 saturated carbocycles. The number of aliphatic carboxylic acids is 1. The number of carboxylic acids is 1. The Balaban J connectivity index is 2.34. The molecule has 0 aliphatic heterocycles. The van der Waals surface area contributed by atoms with Gasteiger partial charge in [-0.15, -0.1) is 0 Å². The molecule has 0 saturated heterocycles. The zero-order valence-corrected chi connectivity index (χ0v) is 11.7. The fourth-order valence-corrected chi connectivity index (χ4v) is 2.69. The Morgan fingerprint density at radius 3 is 2.43 bits per heavy atom. The van der Waals surface area contributed by atoms with Crippen molar-refractivity contribution in [2.45, 2.75) is 0 Å². The maximum absolute atomic E-state index is 10.9. The highest BCUT2D eigenvalue weighted by Crippen LogP contribution is 2.33. The molecular weight excluding hydrogens is 262 g/mol. The van der Waals surface area contributed by atoms with Gasteiger partial charge in [-0.1, -0.05) is 48.5 Å². The van der Waals surface area contributed by atoms with Gasteiger partial charge in [0.05, 0.1) is 5.69 Å². The topological polar surface area (TPSA) is 42.2 Å². The number of rotatable bonds is 3. The molecule has 0 fully saturated rings. The number of aryl methyl sites for hydroxylation is 1. The van der Waals surface area contributed by atoms with Crippen LogP contribution in [0.25, 0.3) is 28.2 Å². The van der Waals surface area contributed by atoms with Gasteiger partial charge in [0, 0.05) is 29.6 Å². The van der Waals surface area contributed by atoms with Crippen LogP contribution in [0.3, 0.4) is 0 Å². The number of aromatic nitrogens is 1. The number of fused-ring (bicyclic) bond motifs is 1. The first-order valence-electron chi connectivity index (χ1n) is 6.72. The first-order valence-corrected chi connectivity index (χ1v) is 6.72. The summed E-state index contributed by atoms with van der Waals surface area (Å²) in [5.74, 6) is -0.943. The van der Waals surface area contributed by atoms with Crippen LogP contribution in [0.2, 0.25) is 0 Å². The summed E-state index contributed by atoms with van der Waals surface area (Å²) in [6, 6.07) is 18.0. The number of nitrogens with zero attached hydrogens (tertiary/aromatic N) is 1. The van der Waals surface area contributed by atoms with Crippen LogP contribution in [-0.2, 0) is 11.8 Å². The van der Waals surface area contributed by atoms with E-state index in [1.807, 2.05) is 61.6 Å². The fraction of sp³-hybridized carbons (Fsp3) is 0.0556. The molecule has 3 nitrogen and oxygen atoms in total. The molecule has 3 heteroatoms. The molecule has 104 valence electrons. The maximum atomic E-state index is 10.9. The van der Waals surface area contributed by atoms with Gasteiger partial charge in [-0.25, -0.2) is 4.79 Å². The van der Waals surface area contributed by atoms with Crippen LogP contribution in [0.15, 0.2) is 60.7 Å². The standard InChI is InChI=1S/C18H15NO2/c1-19-16-10-6-5-9-14(16)15(11-12-17(20)21)18(19)13-7-3-2-4-8-13/h2-12H,1H3,(H,20,21). The van der Waals surface area contributed by atoms with E-state index in [0.29, 0.717) is 0 Å². The lowest BCUT2D eigenvalue weighted by molar-refractivity contribution is -0.131. The molecule has 0 bridgehead atoms. The van der Waals surface area contributed by atoms with Crippen molar-refractivity contribution in [3.8, 4) is 11.3 Å². The van der Waals surface area contributed by atoms with Gasteiger partial charge < -0.3 is 9.67 Å². The summed E-state index contributed by atoms with van der Waals surface area (Å²) in [6.45, 7) is 0. The molecule has 1 heterocycles. The molecule has 21 heavy (non-hydrogen) atoms. The van der Waals surface area contributed by atoms with Gasteiger partial charge in [-0.05, 0) is 17.7 Å². The van der Waals surface area contributed by atoms with E-state index in [1.165, 1.54) is 6.08 Å². The molecule has 1 N–H and O–H groups in total. The molecule has 0 unspecified atom stereocenters. The lowest BCUT2D eigenvalue weighted by atomic mass is 10.0. The van der Waals surface area contributed by atoms with Gasteiger partial charge in [-0.3, -0.25) is 0 Å². The number of benzene rings is 2. The minimum absolute atomic E-state index is 0.932. The molecule has 0 aliphatic rings. The van der Waals surface area contributed by atoms with Crippen molar-refractivity contribution in [3.63, 3.8) is 0 Å². The van der Waals surface area contributed by atoms with Gasteiger partial charge in [0.1, 0.15) is 0 Å². The SMILES string of the molecule is Cn1c(-c2ccccc2)c(C=CC(=O)O)c2ccccc21. The van der Waals surface area contributed by atoms with Crippen LogP contribution in [0, 0.1) is 0 Å². The average Bonchev–Trinajstić information content (AvgIpc) is 2.79. The second-order valence-corrected chi connectivity index (χ2v) is 4.88. The van der Waals surface area contributed by atoms with E-state index in [4.69, 9.17) is 5.11 Å². The van der Waals surface area contributed by atoms with Crippen LogP contribution in [0.1, 0.15) is 5.56 Å². The first kappa shape index (κ1) is 13.2. The fourth-order valence-electron chi connectivity index (χ4n) is 2.69. The van der Waals surface area contributed by atoms with E-state index in [2.05, 4.69) is 4.57 Å². The van der Waals surface area contributed by atoms with E-state index in [0.717, 1.165) is 27.7 Å². The molecule has 0 amide bonds. The van der Waals surface area contributed by atoms with Crippen LogP contribution in [0.5, 0.6) is 0 Å². The normalized spacial score (nSPS) is 11.3. The monoisotopic (exact) mass is 277 g/mol. The van der Waals surface area contributed by atoms with Crippen molar-refractivity contribution >= 4 is 22.9 Å². The molecule has 0 spiro atoms. The maximum Gasteiger partial charge on any atom is 0.328 e. The summed E-state index contributed by atoms with van der Waals surface area (Å²) in [4.78, 5) is 10.9. The summed E-state index contributed by atoms with van der Waals surface area (Å²) in [5.41, 5.74) is 4.11. The summed E-state index contributed by atoms with van der Waals surface area (Å²) in [7, 11) is 2.00. The number of carbonyl (C=O) groups is 1. The molecular formula is C18H15NO2. The highest BCUT2D eigenvalue weighted by molar-refractivity contribution is 6.00. The van der Waals surface area contributed by atoms with Gasteiger partial charge in [-0.2, -0.15) is 0 Å². The number of carboxylic acid groups (broad SMARTS) is 1. The second kappa shape index (κ2) is 5.29. The van der Waals surface area contributed by atoms with Gasteiger partial charge in [0.25, 0.3) is 0 Å². The van der Waals surface area contributed by atoms with E-state index in [9.17, 15) is 4.79 Å². The van der Waals surface area contributed by atoms with Crippen molar-refractivity contribution in [2.75, 3.05) is 0 Å². The van der Waals surface area contributed by atoms with E-state index in [-0.39, 0.29) is 0 Å². The van der Waals surface area contributed by atoms with Crippen LogP contribution < -0.4 is 0 Å². The van der Waals surface area contributed by atoms with Crippen LogP contribution in [-0.4, -0.2) is 15.6 Å². The number of hydrogen-bond donors (Lipinski definition) is 1. The average molecular weight is 277 g/mol. The molecule has 0 aliphatic carbocycles. The van der Waals surface area contributed by atoms with Gasteiger partial charge in [0.15, 0.2) is 0 Å². The molecule has 2 aromatic carbocycles. The van der Waals surface area contributed by atoms with Crippen molar-refractivity contribution in [1.29, 1.82) is 0 Å². The van der Waals surface area contributed by atoms with Crippen molar-refractivity contribution in [2.24, 2.45) is 7.05 Å². The Bertz CT molecular complexity index is 829. The van der Waals surface area contributed by atoms with Crippen molar-refractivity contribution in [3.05, 3.63) is 66.2 Å². The Hall–Kier alpha value is -2.81. The van der Waals surface area contributed by atoms with Gasteiger partial charge in [0.2, 0.25) is 0 Å². The predicted octanol–water partition coefficient (Wildman–Crippen LogP) is 3.94. The summed E-state index contributed by atoms with van der Waals surface area (Å²) < 4.78 is 2.10. The highest BCUT2D eigenvalue weighted by Gasteiger charge is 2.14. The highest BCUT2D eigenvalue weighted by atomic mass is 16.4. The van der Waals surface area contributed by atoms with Crippen LogP contribution in [0.4, 0.5) is 0 Å². The quantitative estimate of drug-likeness (QED) is 0.737. The Morgan fingerprint density at radius 2 is 1.71 bits per heavy atom. The zero-order valence-electron chi connectivity index (χ0n) is 11.7. The van der Waals surface area contributed by atoms with E-state index < -0.39 is 5.97 Å². The number of para-hydroxylation sites is 1. The Labute approximate surface area is 122 Å². The summed E-state index contributed by atoms with van der Waals surface area (Å²) in [5, 5.41) is 9.97. The van der Waals surface area contributed by atoms with E-state index >= 15 is 0 Å². The van der Waals surface area contributed by atoms with Gasteiger partial charge >= 0.3 is 5.97 Å². The third-order valence-corrected chi connectivity index (χ3v) is 3.59. The van der Waals surface area contributed by atoms with Crippen molar-refractivity contribution in [1.82, 2.24) is 4.57 Å². The molecule has 3 rings (SSSR count). The Kier molecular flexibility index (Phi) is 3.32. The second-order valence-electron chi connectivity index (χ2n) is 4.88. The third-order valence-electron chi connectivity index (χ3n) is 3.59. The molecule has 0 atom stereocenters. The molecule has 0 radical (unpaired) electrons. The Morgan fingerprint density at radius 1 is 1.05 bits per heavy atom. The van der Waals surface area contributed by atoms with Crippen molar-refractivity contribution < 1.29 is 9.90 Å². The minimum atomic E-state index is -0.943. The third kappa shape index (κ3) is 2.34. The minimum Gasteiger partial charge on any atom is -0.478 e. The van der Waals surface area contributed by atoms with Crippen LogP contribution >= 0.6 is 0 Å². The van der Waals surface area contributed by atoms with E-state index in [1.54, 1.807) is 6.08 Å². The molecule has 3 aromatic rings.